The zero-order chi connectivity index (χ0) is 16.1. The van der Waals surface area contributed by atoms with Crippen LogP contribution >= 0.6 is 11.6 Å². The maximum absolute atomic E-state index is 12.2. The number of halogens is 1. The van der Waals surface area contributed by atoms with Crippen molar-refractivity contribution in [3.05, 3.63) is 65.8 Å². The molecule has 0 radical (unpaired) electrons. The number of nitrogens with one attached hydrogen (secondary N) is 1. The molecule has 0 saturated carbocycles. The molecule has 1 N–H and O–H groups in total. The Hall–Kier alpha value is -2.73. The monoisotopic (exact) mass is 327 g/mol. The largest absolute Gasteiger partial charge is 0.323 e. The van der Waals surface area contributed by atoms with Gasteiger partial charge >= 0.3 is 0 Å². The molecule has 116 valence electrons. The molecule has 6 nitrogen and oxygen atoms in total. The zero-order valence-electron chi connectivity index (χ0n) is 12.2. The lowest BCUT2D eigenvalue weighted by Gasteiger charge is -2.10. The summed E-state index contributed by atoms with van der Waals surface area (Å²) in [6.45, 7) is 0. The number of carbonyl (C=O) groups excluding carboxylic acids is 1. The fraction of sp³-hybridized carbons (Fsp3) is 0.125. The van der Waals surface area contributed by atoms with E-state index < -0.39 is 0 Å². The number of hydrogen-bond acceptors (Lipinski definition) is 4. The highest BCUT2D eigenvalue weighted by atomic mass is 35.5. The Labute approximate surface area is 138 Å². The molecule has 3 aromatic rings. The van der Waals surface area contributed by atoms with E-state index >= 15 is 0 Å². The van der Waals surface area contributed by atoms with Crippen LogP contribution in [0, 0.1) is 0 Å². The van der Waals surface area contributed by atoms with Crippen molar-refractivity contribution in [1.29, 1.82) is 0 Å². The molecule has 2 aromatic heterocycles. The topological polar surface area (TPSA) is 72.7 Å². The minimum absolute atomic E-state index is 0.112. The Kier molecular flexibility index (Phi) is 4.63. The van der Waals surface area contributed by atoms with Crippen LogP contribution in [0.25, 0.3) is 5.82 Å². The predicted octanol–water partition coefficient (Wildman–Crippen LogP) is 2.89. The maximum Gasteiger partial charge on any atom is 0.224 e. The van der Waals surface area contributed by atoms with Gasteiger partial charge in [-0.1, -0.05) is 29.8 Å². The molecule has 0 spiro atoms. The minimum Gasteiger partial charge on any atom is -0.323 e. The van der Waals surface area contributed by atoms with E-state index in [1.165, 1.54) is 17.3 Å². The van der Waals surface area contributed by atoms with Crippen LogP contribution < -0.4 is 5.32 Å². The van der Waals surface area contributed by atoms with Crippen LogP contribution in [0.5, 0.6) is 0 Å². The third kappa shape index (κ3) is 3.73. The zero-order valence-corrected chi connectivity index (χ0v) is 12.9. The van der Waals surface area contributed by atoms with Gasteiger partial charge in [0.1, 0.15) is 12.7 Å². The first-order valence-electron chi connectivity index (χ1n) is 7.07. The van der Waals surface area contributed by atoms with Crippen molar-refractivity contribution >= 4 is 23.2 Å². The molecular weight excluding hydrogens is 314 g/mol. The fourth-order valence-corrected chi connectivity index (χ4v) is 2.39. The van der Waals surface area contributed by atoms with Gasteiger partial charge in [-0.2, -0.15) is 5.10 Å². The highest BCUT2D eigenvalue weighted by molar-refractivity contribution is 6.31. The number of amides is 1. The van der Waals surface area contributed by atoms with Gasteiger partial charge < -0.3 is 5.32 Å². The normalized spacial score (nSPS) is 10.5. The van der Waals surface area contributed by atoms with Gasteiger partial charge in [0.15, 0.2) is 5.82 Å². The lowest BCUT2D eigenvalue weighted by atomic mass is 10.1. The second kappa shape index (κ2) is 7.02. The molecule has 0 aliphatic heterocycles. The number of hydrogen-bond donors (Lipinski definition) is 1. The van der Waals surface area contributed by atoms with Crippen LogP contribution in [-0.2, 0) is 11.2 Å². The van der Waals surface area contributed by atoms with Gasteiger partial charge in [-0.25, -0.2) is 14.6 Å². The number of benzene rings is 1. The van der Waals surface area contributed by atoms with E-state index in [1.54, 1.807) is 18.3 Å². The van der Waals surface area contributed by atoms with Gasteiger partial charge in [0.05, 0.1) is 5.69 Å². The van der Waals surface area contributed by atoms with E-state index in [2.05, 4.69) is 20.4 Å². The third-order valence-corrected chi connectivity index (χ3v) is 3.64. The van der Waals surface area contributed by atoms with Gasteiger partial charge in [-0.3, -0.25) is 4.79 Å². The number of anilines is 1. The summed E-state index contributed by atoms with van der Waals surface area (Å²) >= 11 is 6.10. The van der Waals surface area contributed by atoms with Crippen LogP contribution in [0.15, 0.2) is 55.2 Å². The summed E-state index contributed by atoms with van der Waals surface area (Å²) in [5, 5.41) is 7.56. The van der Waals surface area contributed by atoms with E-state index in [0.29, 0.717) is 29.4 Å². The molecule has 0 aliphatic rings. The summed E-state index contributed by atoms with van der Waals surface area (Å²) in [4.78, 5) is 20.3. The van der Waals surface area contributed by atoms with Crippen molar-refractivity contribution in [2.75, 3.05) is 5.32 Å². The average Bonchev–Trinajstić information content (AvgIpc) is 3.09. The van der Waals surface area contributed by atoms with Crippen LogP contribution in [-0.4, -0.2) is 25.7 Å². The van der Waals surface area contributed by atoms with Crippen molar-refractivity contribution in [2.45, 2.75) is 12.8 Å². The summed E-state index contributed by atoms with van der Waals surface area (Å²) < 4.78 is 1.50. The summed E-state index contributed by atoms with van der Waals surface area (Å²) in [5.41, 5.74) is 1.54. The minimum atomic E-state index is -0.112. The van der Waals surface area contributed by atoms with E-state index in [1.807, 2.05) is 24.3 Å². The highest BCUT2D eigenvalue weighted by Gasteiger charge is 2.10. The van der Waals surface area contributed by atoms with Gasteiger partial charge in [0, 0.05) is 17.6 Å². The molecule has 0 atom stereocenters. The van der Waals surface area contributed by atoms with Crippen molar-refractivity contribution in [3.8, 4) is 5.82 Å². The van der Waals surface area contributed by atoms with E-state index in [9.17, 15) is 4.79 Å². The molecule has 23 heavy (non-hydrogen) atoms. The van der Waals surface area contributed by atoms with Gasteiger partial charge in [-0.15, -0.1) is 0 Å². The van der Waals surface area contributed by atoms with Crippen molar-refractivity contribution in [3.63, 3.8) is 0 Å². The second-order valence-electron chi connectivity index (χ2n) is 4.85. The first-order valence-corrected chi connectivity index (χ1v) is 7.45. The first-order chi connectivity index (χ1) is 11.2. The molecule has 2 heterocycles. The molecule has 1 aromatic carbocycles. The van der Waals surface area contributed by atoms with Gasteiger partial charge in [0.25, 0.3) is 0 Å². The second-order valence-corrected chi connectivity index (χ2v) is 5.26. The Bertz CT molecular complexity index is 804. The Morgan fingerprint density at radius 2 is 2.09 bits per heavy atom. The Morgan fingerprint density at radius 3 is 2.87 bits per heavy atom. The maximum atomic E-state index is 12.2. The highest BCUT2D eigenvalue weighted by Crippen LogP contribution is 2.18. The third-order valence-electron chi connectivity index (χ3n) is 3.28. The summed E-state index contributed by atoms with van der Waals surface area (Å²) in [6, 6.07) is 11.0. The quantitative estimate of drug-likeness (QED) is 0.782. The molecule has 7 heteroatoms. The summed E-state index contributed by atoms with van der Waals surface area (Å²) in [5.74, 6) is 0.412. The van der Waals surface area contributed by atoms with E-state index in [-0.39, 0.29) is 5.91 Å². The Morgan fingerprint density at radius 1 is 1.22 bits per heavy atom. The summed E-state index contributed by atoms with van der Waals surface area (Å²) in [7, 11) is 0. The summed E-state index contributed by atoms with van der Waals surface area (Å²) in [6.07, 6.45) is 5.48. The molecular formula is C16H14ClN5O. The Balaban J connectivity index is 1.68. The number of rotatable bonds is 5. The molecule has 0 fully saturated rings. The van der Waals surface area contributed by atoms with E-state index in [0.717, 1.165) is 5.56 Å². The van der Waals surface area contributed by atoms with Crippen LogP contribution in [0.1, 0.15) is 12.0 Å². The van der Waals surface area contributed by atoms with Crippen molar-refractivity contribution < 1.29 is 4.79 Å². The van der Waals surface area contributed by atoms with Gasteiger partial charge in [-0.05, 0) is 30.2 Å². The number of nitrogens with zero attached hydrogens (tertiary/aromatic N) is 4. The van der Waals surface area contributed by atoms with Crippen LogP contribution in [0.2, 0.25) is 5.02 Å². The van der Waals surface area contributed by atoms with Crippen LogP contribution in [0.3, 0.4) is 0 Å². The van der Waals surface area contributed by atoms with Crippen LogP contribution in [0.4, 0.5) is 5.69 Å². The number of aromatic nitrogens is 4. The lowest BCUT2D eigenvalue weighted by molar-refractivity contribution is -0.116. The molecule has 0 bridgehead atoms. The van der Waals surface area contributed by atoms with Crippen molar-refractivity contribution in [1.82, 2.24) is 19.7 Å². The number of carbonyl (C=O) groups is 1. The average molecular weight is 328 g/mol. The molecule has 1 amide bonds. The number of aryl methyl sites for hydroxylation is 1. The first kappa shape index (κ1) is 15.2. The van der Waals surface area contributed by atoms with E-state index in [4.69, 9.17) is 11.6 Å². The smallest absolute Gasteiger partial charge is 0.224 e. The standard InChI is InChI=1S/C16H14ClN5O/c17-13-5-2-1-4-12(13)7-8-15(23)21-14-6-3-9-19-16(14)22-11-18-10-20-22/h1-6,9-11H,7-8H2,(H,21,23). The number of pyridine rings is 1. The molecule has 0 saturated heterocycles. The molecule has 0 aliphatic carbocycles. The predicted molar refractivity (Wildman–Crippen MR) is 87.6 cm³/mol. The molecule has 3 rings (SSSR count). The van der Waals surface area contributed by atoms with Gasteiger partial charge in [0.2, 0.25) is 5.91 Å². The molecule has 0 unspecified atom stereocenters. The van der Waals surface area contributed by atoms with Crippen molar-refractivity contribution in [2.24, 2.45) is 0 Å². The fourth-order valence-electron chi connectivity index (χ4n) is 2.16. The SMILES string of the molecule is O=C(CCc1ccccc1Cl)Nc1cccnc1-n1cncn1. The lowest BCUT2D eigenvalue weighted by Crippen LogP contribution is -2.15.